The number of hydrogen-bond acceptors (Lipinski definition) is 4. The van der Waals surface area contributed by atoms with Crippen molar-refractivity contribution in [2.24, 2.45) is 4.99 Å². The van der Waals surface area contributed by atoms with Crippen LogP contribution in [0.5, 0.6) is 0 Å². The summed E-state index contributed by atoms with van der Waals surface area (Å²) in [6.45, 7) is 0. The van der Waals surface area contributed by atoms with Gasteiger partial charge in [0.05, 0.1) is 41.5 Å². The van der Waals surface area contributed by atoms with Gasteiger partial charge in [-0.1, -0.05) is 116 Å². The first-order valence-electron chi connectivity index (χ1n) is 8.66. The first-order chi connectivity index (χ1) is 15.7. The molecule has 0 aliphatic carbocycles. The average Bonchev–Trinajstić information content (AvgIpc) is 2.95. The maximum absolute atomic E-state index is 13.0. The zero-order valence-corrected chi connectivity index (χ0v) is 23.8. The number of carbonyl (C=O) groups excluding carboxylic acids is 2. The van der Waals surface area contributed by atoms with Crippen molar-refractivity contribution in [1.29, 1.82) is 0 Å². The summed E-state index contributed by atoms with van der Waals surface area (Å²) in [6.07, 6.45) is -1.44. The molecule has 3 amide bonds. The fourth-order valence-corrected chi connectivity index (χ4v) is 4.81. The Morgan fingerprint density at radius 2 is 1.41 bits per heavy atom. The quantitative estimate of drug-likeness (QED) is 0.154. The van der Waals surface area contributed by atoms with Crippen LogP contribution < -0.4 is 10.2 Å². The summed E-state index contributed by atoms with van der Waals surface area (Å²) in [7, 11) is 1.20. The number of nitrogens with zero attached hydrogens (tertiary/aromatic N) is 3. The van der Waals surface area contributed by atoms with Crippen molar-refractivity contribution in [2.75, 3.05) is 17.3 Å². The smallest absolute Gasteiger partial charge is 0.337 e. The number of rotatable bonds is 4. The van der Waals surface area contributed by atoms with Crippen molar-refractivity contribution >= 4 is 145 Å². The maximum Gasteiger partial charge on any atom is 0.337 e. The summed E-state index contributed by atoms with van der Waals surface area (Å²) in [6, 6.07) is 3.59. The van der Waals surface area contributed by atoms with Gasteiger partial charge in [0.25, 0.3) is 5.91 Å². The number of aliphatic imine (C=N–C) groups is 1. The molecular formula is C18H8Cl10N4O2. The van der Waals surface area contributed by atoms with Crippen LogP contribution in [0, 0.1) is 0 Å². The summed E-state index contributed by atoms with van der Waals surface area (Å²) in [5, 5.41) is 2.27. The molecule has 2 aromatic rings. The number of alkyl halides is 3. The first-order valence-corrected chi connectivity index (χ1v) is 12.4. The Balaban J connectivity index is 2.20. The zero-order chi connectivity index (χ0) is 25.7. The number of likely N-dealkylation sites (N-methyl/N-ethyl adjacent to an activating group) is 1. The van der Waals surface area contributed by atoms with E-state index in [1.165, 1.54) is 25.2 Å². The minimum Gasteiger partial charge on any atom is -0.359 e. The van der Waals surface area contributed by atoms with Gasteiger partial charge in [-0.05, 0) is 18.2 Å². The van der Waals surface area contributed by atoms with E-state index < -0.39 is 27.7 Å². The first kappa shape index (κ1) is 28.3. The highest BCUT2D eigenvalue weighted by Crippen LogP contribution is 2.49. The van der Waals surface area contributed by atoms with E-state index >= 15 is 0 Å². The Bertz CT molecular complexity index is 1200. The molecule has 0 saturated carbocycles. The van der Waals surface area contributed by atoms with E-state index in [2.05, 4.69) is 10.3 Å². The molecule has 1 heterocycles. The van der Waals surface area contributed by atoms with Gasteiger partial charge >= 0.3 is 6.03 Å². The Hall–Kier alpha value is -0.250. The van der Waals surface area contributed by atoms with Crippen molar-refractivity contribution in [3.05, 3.63) is 53.4 Å². The number of hydrogen-bond donors (Lipinski definition) is 1. The minimum atomic E-state index is -2.13. The van der Waals surface area contributed by atoms with E-state index in [-0.39, 0.29) is 41.5 Å². The number of amides is 3. The van der Waals surface area contributed by atoms with Gasteiger partial charge < -0.3 is 5.32 Å². The monoisotopic (exact) mass is 662 g/mol. The van der Waals surface area contributed by atoms with Gasteiger partial charge in [0.15, 0.2) is 6.17 Å². The molecule has 6 nitrogen and oxygen atoms in total. The molecule has 0 aromatic heterocycles. The summed E-state index contributed by atoms with van der Waals surface area (Å²) in [5.41, 5.74) is 0.0360. The van der Waals surface area contributed by atoms with Gasteiger partial charge in [0, 0.05) is 12.1 Å². The molecule has 3 rings (SSSR count). The lowest BCUT2D eigenvalue weighted by Crippen LogP contribution is -2.38. The molecule has 1 aliphatic rings. The average molecular weight is 667 g/mol. The molecule has 0 bridgehead atoms. The van der Waals surface area contributed by atoms with Crippen molar-refractivity contribution in [3.63, 3.8) is 0 Å². The Labute approximate surface area is 243 Å². The fourth-order valence-electron chi connectivity index (χ4n) is 2.74. The lowest BCUT2D eigenvalue weighted by molar-refractivity contribution is -0.119. The van der Waals surface area contributed by atoms with Crippen molar-refractivity contribution < 1.29 is 9.59 Å². The van der Waals surface area contributed by atoms with Crippen LogP contribution >= 0.6 is 116 Å². The number of nitrogens with one attached hydrogen (secondary N) is 1. The second kappa shape index (κ2) is 10.6. The molecule has 1 aliphatic heterocycles. The normalized spacial score (nSPS) is 16.6. The van der Waals surface area contributed by atoms with E-state index in [0.29, 0.717) is 5.02 Å². The summed E-state index contributed by atoms with van der Waals surface area (Å²) in [4.78, 5) is 31.7. The number of carbonyl (C=O) groups is 2. The molecule has 0 radical (unpaired) electrons. The van der Waals surface area contributed by atoms with Crippen LogP contribution in [0.3, 0.4) is 0 Å². The van der Waals surface area contributed by atoms with E-state index in [1.54, 1.807) is 0 Å². The van der Waals surface area contributed by atoms with Crippen LogP contribution in [0.15, 0.2) is 23.2 Å². The number of benzene rings is 2. The molecule has 16 heteroatoms. The number of halogens is 10. The number of amidine groups is 1. The van der Waals surface area contributed by atoms with Crippen molar-refractivity contribution in [2.45, 2.75) is 9.96 Å². The molecule has 1 fully saturated rings. The second-order valence-electron chi connectivity index (χ2n) is 6.57. The second-order valence-corrected chi connectivity index (χ2v) is 11.7. The van der Waals surface area contributed by atoms with Crippen LogP contribution in [0.25, 0.3) is 0 Å². The minimum absolute atomic E-state index is 0.148. The van der Waals surface area contributed by atoms with E-state index in [9.17, 15) is 9.59 Å². The number of urea groups is 1. The Kier molecular flexibility index (Phi) is 8.85. The van der Waals surface area contributed by atoms with Crippen molar-refractivity contribution in [1.82, 2.24) is 4.90 Å². The molecule has 1 saturated heterocycles. The molecular weight excluding hydrogens is 659 g/mol. The SMILES string of the molecule is CN1C(=O)C(=NC(Nc2ccc(Cl)cc2Cl)C(Cl)(Cl)Cl)N(c2c(Cl)c(Cl)c(Cl)c(Cl)c2Cl)C1=O. The van der Waals surface area contributed by atoms with Gasteiger partial charge in [-0.3, -0.25) is 9.69 Å². The van der Waals surface area contributed by atoms with E-state index in [0.717, 1.165) is 9.80 Å². The largest absolute Gasteiger partial charge is 0.359 e. The molecule has 182 valence electrons. The van der Waals surface area contributed by atoms with Gasteiger partial charge in [-0.25, -0.2) is 14.7 Å². The standard InChI is InChI=1S/C18H8Cl10N4O2/c1-31-15(33)14(30-16(18(26,27)28)29-7-3-2-5(19)4-6(7)20)32(17(31)34)13-11(24)9(22)8(21)10(23)12(13)25/h2-4,16,29H,1H3. The van der Waals surface area contributed by atoms with Crippen LogP contribution in [-0.4, -0.2) is 39.7 Å². The molecule has 1 N–H and O–H groups in total. The fraction of sp³-hybridized carbons (Fsp3) is 0.167. The third-order valence-corrected chi connectivity index (χ3v) is 7.81. The van der Waals surface area contributed by atoms with Crippen LogP contribution in [0.1, 0.15) is 0 Å². The van der Waals surface area contributed by atoms with Gasteiger partial charge in [-0.15, -0.1) is 0 Å². The van der Waals surface area contributed by atoms with E-state index in [4.69, 9.17) is 116 Å². The van der Waals surface area contributed by atoms with Gasteiger partial charge in [0.2, 0.25) is 9.63 Å². The predicted molar refractivity (Wildman–Crippen MR) is 144 cm³/mol. The van der Waals surface area contributed by atoms with E-state index in [1.807, 2.05) is 0 Å². The highest BCUT2D eigenvalue weighted by molar-refractivity contribution is 6.68. The molecule has 0 spiro atoms. The van der Waals surface area contributed by atoms with Crippen LogP contribution in [0.4, 0.5) is 16.2 Å². The lowest BCUT2D eigenvalue weighted by Gasteiger charge is -2.26. The predicted octanol–water partition coefficient (Wildman–Crippen LogP) is 8.87. The van der Waals surface area contributed by atoms with Crippen LogP contribution in [-0.2, 0) is 4.79 Å². The third-order valence-electron chi connectivity index (χ3n) is 4.38. The lowest BCUT2D eigenvalue weighted by atomic mass is 10.2. The third kappa shape index (κ3) is 5.37. The highest BCUT2D eigenvalue weighted by Gasteiger charge is 2.46. The molecule has 34 heavy (non-hydrogen) atoms. The Morgan fingerprint density at radius 1 is 0.882 bits per heavy atom. The zero-order valence-electron chi connectivity index (χ0n) is 16.2. The molecule has 1 atom stereocenters. The van der Waals surface area contributed by atoms with Gasteiger partial charge in [-0.2, -0.15) is 0 Å². The Morgan fingerprint density at radius 3 is 1.91 bits per heavy atom. The van der Waals surface area contributed by atoms with Gasteiger partial charge in [0.1, 0.15) is 0 Å². The maximum atomic E-state index is 13.0. The summed E-state index contributed by atoms with van der Waals surface area (Å²) in [5.74, 6) is -1.36. The summed E-state index contributed by atoms with van der Waals surface area (Å²) >= 11 is 61.4. The molecule has 2 aromatic carbocycles. The molecule has 1 unspecified atom stereocenters. The van der Waals surface area contributed by atoms with Crippen molar-refractivity contribution in [3.8, 4) is 0 Å². The number of imide groups is 1. The number of anilines is 2. The topological polar surface area (TPSA) is 65.0 Å². The van der Waals surface area contributed by atoms with Crippen LogP contribution in [0.2, 0.25) is 35.2 Å². The highest BCUT2D eigenvalue weighted by atomic mass is 35.6. The summed E-state index contributed by atoms with van der Waals surface area (Å²) < 4.78 is -2.13.